The van der Waals surface area contributed by atoms with Crippen LogP contribution in [0.2, 0.25) is 0 Å². The van der Waals surface area contributed by atoms with Gasteiger partial charge in [0.05, 0.1) is 6.10 Å². The van der Waals surface area contributed by atoms with E-state index in [2.05, 4.69) is 44.3 Å². The maximum Gasteiger partial charge on any atom is 0.225 e. The number of carbonyl (C=O) groups excluding carboxylic acids is 1. The third-order valence-electron chi connectivity index (χ3n) is 9.02. The molecule has 1 atom stereocenters. The Morgan fingerprint density at radius 2 is 1.56 bits per heavy atom. The highest BCUT2D eigenvalue weighted by Crippen LogP contribution is 2.45. The average Bonchev–Trinajstić information content (AvgIpc) is 2.96. The third-order valence-corrected chi connectivity index (χ3v) is 9.02. The van der Waals surface area contributed by atoms with Gasteiger partial charge in [-0.25, -0.2) is 0 Å². The van der Waals surface area contributed by atoms with E-state index in [0.717, 1.165) is 58.2 Å². The van der Waals surface area contributed by atoms with E-state index in [1.165, 1.54) is 51.4 Å². The fourth-order valence-electron chi connectivity index (χ4n) is 6.73. The van der Waals surface area contributed by atoms with Crippen LogP contribution in [0.1, 0.15) is 126 Å². The summed E-state index contributed by atoms with van der Waals surface area (Å²) in [4.78, 5) is 13.6. The zero-order valence-corrected chi connectivity index (χ0v) is 25.1. The zero-order valence-electron chi connectivity index (χ0n) is 25.1. The molecule has 0 bridgehead atoms. The van der Waals surface area contributed by atoms with Crippen LogP contribution in [0.15, 0.2) is 66.7 Å². The van der Waals surface area contributed by atoms with Crippen molar-refractivity contribution in [3.63, 3.8) is 0 Å². The van der Waals surface area contributed by atoms with Crippen molar-refractivity contribution in [2.45, 2.75) is 109 Å². The molecule has 218 valence electrons. The van der Waals surface area contributed by atoms with Crippen LogP contribution < -0.4 is 10.1 Å². The molecule has 1 unspecified atom stereocenters. The Labute approximate surface area is 246 Å². The average molecular weight is 554 g/mol. The van der Waals surface area contributed by atoms with Crippen molar-refractivity contribution >= 4 is 11.6 Å². The van der Waals surface area contributed by atoms with Crippen LogP contribution in [0.5, 0.6) is 11.5 Å². The molecule has 4 heteroatoms. The molecule has 5 rings (SSSR count). The lowest BCUT2D eigenvalue weighted by atomic mass is 9.83. The van der Waals surface area contributed by atoms with Gasteiger partial charge in [-0.2, -0.15) is 0 Å². The summed E-state index contributed by atoms with van der Waals surface area (Å²) in [6.45, 7) is 6.47. The third kappa shape index (κ3) is 7.40. The molecule has 1 saturated carbocycles. The lowest BCUT2D eigenvalue weighted by molar-refractivity contribution is -0.116. The van der Waals surface area contributed by atoms with Crippen molar-refractivity contribution in [1.29, 1.82) is 0 Å². The number of carbonyl (C=O) groups is 1. The fraction of sp³-hybridized carbons (Fsp3) is 0.486. The first-order valence-corrected chi connectivity index (χ1v) is 15.8. The maximum absolute atomic E-state index is 13.6. The molecular weight excluding hydrogens is 506 g/mol. The van der Waals surface area contributed by atoms with Gasteiger partial charge in [0.1, 0.15) is 11.5 Å². The van der Waals surface area contributed by atoms with Crippen molar-refractivity contribution in [1.82, 2.24) is 0 Å². The second kappa shape index (κ2) is 13.2. The van der Waals surface area contributed by atoms with Crippen LogP contribution in [0.3, 0.4) is 0 Å². The number of hydrogen-bond acceptors (Lipinski definition) is 3. The second-order valence-corrected chi connectivity index (χ2v) is 13.2. The van der Waals surface area contributed by atoms with E-state index < -0.39 is 6.10 Å². The number of aliphatic hydroxyl groups excluding tert-OH is 1. The first kappa shape index (κ1) is 29.4. The molecule has 1 fully saturated rings. The second-order valence-electron chi connectivity index (χ2n) is 13.2. The molecule has 0 saturated heterocycles. The number of para-hydroxylation sites is 2. The number of amides is 1. The molecule has 0 radical (unpaired) electrons. The maximum atomic E-state index is 13.6. The summed E-state index contributed by atoms with van der Waals surface area (Å²) in [5.41, 5.74) is 4.66. The van der Waals surface area contributed by atoms with Crippen molar-refractivity contribution in [2.24, 2.45) is 5.92 Å². The van der Waals surface area contributed by atoms with E-state index in [4.69, 9.17) is 4.74 Å². The van der Waals surface area contributed by atoms with E-state index in [-0.39, 0.29) is 17.2 Å². The molecule has 1 heterocycles. The highest BCUT2D eigenvalue weighted by Gasteiger charge is 2.29. The Balaban J connectivity index is 1.25. The summed E-state index contributed by atoms with van der Waals surface area (Å²) >= 11 is 0. The van der Waals surface area contributed by atoms with Crippen molar-refractivity contribution < 1.29 is 14.6 Å². The predicted octanol–water partition coefficient (Wildman–Crippen LogP) is 9.81. The van der Waals surface area contributed by atoms with Gasteiger partial charge in [0.2, 0.25) is 5.91 Å². The number of rotatable bonds is 10. The molecule has 4 nitrogen and oxygen atoms in total. The Bertz CT molecular complexity index is 1270. The van der Waals surface area contributed by atoms with Gasteiger partial charge in [-0.3, -0.25) is 4.79 Å². The lowest BCUT2D eigenvalue weighted by Gasteiger charge is -2.28. The molecule has 3 aromatic rings. The molecule has 3 aromatic carbocycles. The van der Waals surface area contributed by atoms with Crippen molar-refractivity contribution in [2.75, 3.05) is 5.32 Å². The normalized spacial score (nSPS) is 16.4. The van der Waals surface area contributed by atoms with E-state index in [1.54, 1.807) is 0 Å². The topological polar surface area (TPSA) is 58.6 Å². The largest absolute Gasteiger partial charge is 0.457 e. The number of fused-ring (bicyclic) bond motifs is 2. The Kier molecular flexibility index (Phi) is 9.49. The molecule has 1 aliphatic heterocycles. The van der Waals surface area contributed by atoms with Crippen LogP contribution in [0, 0.1) is 5.92 Å². The van der Waals surface area contributed by atoms with Crippen LogP contribution in [0.25, 0.3) is 0 Å². The van der Waals surface area contributed by atoms with Gasteiger partial charge in [0.25, 0.3) is 0 Å². The number of ether oxygens (including phenoxy) is 1. The van der Waals surface area contributed by atoms with Gasteiger partial charge in [0.15, 0.2) is 0 Å². The van der Waals surface area contributed by atoms with E-state index in [0.29, 0.717) is 6.42 Å². The minimum Gasteiger partial charge on any atom is -0.457 e. The number of aliphatic hydroxyl groups is 1. The fourth-order valence-corrected chi connectivity index (χ4v) is 6.73. The molecule has 0 aromatic heterocycles. The first-order chi connectivity index (χ1) is 19.8. The quantitative estimate of drug-likeness (QED) is 0.246. The number of anilines is 1. The Hall–Kier alpha value is -3.11. The molecule has 2 aliphatic rings. The van der Waals surface area contributed by atoms with Crippen LogP contribution in [-0.4, -0.2) is 11.0 Å². The molecule has 0 spiro atoms. The Morgan fingerprint density at radius 1 is 0.902 bits per heavy atom. The Morgan fingerprint density at radius 3 is 2.22 bits per heavy atom. The van der Waals surface area contributed by atoms with Gasteiger partial charge in [-0.05, 0) is 47.1 Å². The summed E-state index contributed by atoms with van der Waals surface area (Å²) in [6, 6.07) is 22.1. The first-order valence-electron chi connectivity index (χ1n) is 15.8. The minimum absolute atomic E-state index is 0.0404. The number of unbranched alkanes of at least 4 members (excludes halogenated alkanes) is 2. The summed E-state index contributed by atoms with van der Waals surface area (Å²) in [5, 5.41) is 14.3. The molecular formula is C37H47NO3. The van der Waals surface area contributed by atoms with Gasteiger partial charge < -0.3 is 15.2 Å². The molecule has 1 amide bonds. The number of hydrogen-bond donors (Lipinski definition) is 2. The van der Waals surface area contributed by atoms with E-state index in [1.807, 2.05) is 48.5 Å². The monoisotopic (exact) mass is 553 g/mol. The van der Waals surface area contributed by atoms with Crippen molar-refractivity contribution in [3.05, 3.63) is 89.0 Å². The minimum atomic E-state index is -0.524. The number of benzene rings is 3. The molecule has 41 heavy (non-hydrogen) atoms. The van der Waals surface area contributed by atoms with Gasteiger partial charge in [-0.15, -0.1) is 0 Å². The zero-order chi connectivity index (χ0) is 28.8. The van der Waals surface area contributed by atoms with Gasteiger partial charge >= 0.3 is 0 Å². The predicted molar refractivity (Wildman–Crippen MR) is 168 cm³/mol. The van der Waals surface area contributed by atoms with Crippen molar-refractivity contribution in [3.8, 4) is 11.5 Å². The SMILES string of the molecule is CC(C)(C)c1ccc(C(O)CCCCCC2CCCCC2)cc1NC(=O)CC1c2ccccc2Oc2ccccc21. The highest BCUT2D eigenvalue weighted by atomic mass is 16.5. The van der Waals surface area contributed by atoms with Crippen LogP contribution in [0.4, 0.5) is 5.69 Å². The van der Waals surface area contributed by atoms with E-state index in [9.17, 15) is 9.90 Å². The summed E-state index contributed by atoms with van der Waals surface area (Å²) in [7, 11) is 0. The van der Waals surface area contributed by atoms with Crippen LogP contribution in [-0.2, 0) is 10.2 Å². The standard InChI is InChI=1S/C37H47NO3/c1-37(2,3)31-23-22-27(33(39)19-9-5-8-16-26-14-6-4-7-15-26)24-32(31)38-36(40)25-30-28-17-10-12-20-34(28)41-35-21-13-11-18-29(30)35/h10-13,17-18,20-24,26,30,33,39H,4-9,14-16,19,25H2,1-3H3,(H,38,40). The number of nitrogens with one attached hydrogen (secondary N) is 1. The summed E-state index contributed by atoms with van der Waals surface area (Å²) < 4.78 is 6.13. The highest BCUT2D eigenvalue weighted by molar-refractivity contribution is 5.93. The summed E-state index contributed by atoms with van der Waals surface area (Å²) in [5.74, 6) is 2.41. The van der Waals surface area contributed by atoms with E-state index >= 15 is 0 Å². The van der Waals surface area contributed by atoms with Gasteiger partial charge in [0, 0.05) is 29.2 Å². The van der Waals surface area contributed by atoms with Crippen LogP contribution >= 0.6 is 0 Å². The molecule has 1 aliphatic carbocycles. The molecule has 2 N–H and O–H groups in total. The van der Waals surface area contributed by atoms with Gasteiger partial charge in [-0.1, -0.05) is 127 Å². The summed E-state index contributed by atoms with van der Waals surface area (Å²) in [6.07, 6.45) is 12.4. The lowest BCUT2D eigenvalue weighted by Crippen LogP contribution is -2.22. The smallest absolute Gasteiger partial charge is 0.225 e.